The highest BCUT2D eigenvalue weighted by Gasteiger charge is 2.03. The van der Waals surface area contributed by atoms with Gasteiger partial charge in [-0.25, -0.2) is 4.68 Å². The molecule has 0 N–H and O–H groups in total. The number of rotatable bonds is 6. The second kappa shape index (κ2) is 7.09. The number of carbonyl (C=O) groups excluding carboxylic acids is 1. The van der Waals surface area contributed by atoms with Crippen molar-refractivity contribution in [2.24, 2.45) is 0 Å². The molecule has 0 atom stereocenters. The summed E-state index contributed by atoms with van der Waals surface area (Å²) in [6.07, 6.45) is 2.68. The molecule has 2 aromatic rings. The number of benzene rings is 1. The highest BCUT2D eigenvalue weighted by Crippen LogP contribution is 2.12. The summed E-state index contributed by atoms with van der Waals surface area (Å²) in [6, 6.07) is 7.87. The summed E-state index contributed by atoms with van der Waals surface area (Å²) < 4.78 is 6.92. The number of nitrogens with zero attached hydrogens (tertiary/aromatic N) is 3. The van der Waals surface area contributed by atoms with Crippen molar-refractivity contribution < 1.29 is 9.53 Å². The highest BCUT2D eigenvalue weighted by atomic mass is 32.2. The summed E-state index contributed by atoms with van der Waals surface area (Å²) >= 11 is 1.31. The van der Waals surface area contributed by atoms with Gasteiger partial charge in [0.05, 0.1) is 19.3 Å². The Morgan fingerprint density at radius 2 is 2.10 bits per heavy atom. The van der Waals surface area contributed by atoms with Crippen molar-refractivity contribution in [1.29, 1.82) is 0 Å². The van der Waals surface area contributed by atoms with E-state index in [1.165, 1.54) is 11.8 Å². The van der Waals surface area contributed by atoms with Crippen LogP contribution in [0.1, 0.15) is 18.2 Å². The van der Waals surface area contributed by atoms with Crippen LogP contribution in [0, 0.1) is 0 Å². The minimum absolute atomic E-state index is 0.135. The predicted molar refractivity (Wildman–Crippen MR) is 79.0 cm³/mol. The number of carbonyl (C=O) groups is 1. The van der Waals surface area contributed by atoms with Gasteiger partial charge >= 0.3 is 0 Å². The standard InChI is InChI=1S/C14H17N3O2S/c1-11(18)20-8-7-13-10-17(16-15-13)9-12-3-5-14(19-2)6-4-12/h3-6,10H,7-9H2,1-2H3. The maximum absolute atomic E-state index is 10.8. The zero-order valence-corrected chi connectivity index (χ0v) is 12.4. The molecule has 0 aliphatic heterocycles. The molecule has 0 unspecified atom stereocenters. The first-order valence-corrected chi connectivity index (χ1v) is 7.31. The van der Waals surface area contributed by atoms with Gasteiger partial charge in [0.25, 0.3) is 0 Å². The van der Waals surface area contributed by atoms with E-state index < -0.39 is 0 Å². The quantitative estimate of drug-likeness (QED) is 0.816. The van der Waals surface area contributed by atoms with Gasteiger partial charge in [0, 0.05) is 25.3 Å². The second-order valence-corrected chi connectivity index (χ2v) is 5.62. The van der Waals surface area contributed by atoms with Gasteiger partial charge < -0.3 is 4.74 Å². The Labute approximate surface area is 122 Å². The maximum atomic E-state index is 10.8. The lowest BCUT2D eigenvalue weighted by Crippen LogP contribution is -2.00. The molecule has 20 heavy (non-hydrogen) atoms. The van der Waals surface area contributed by atoms with Gasteiger partial charge in [0.15, 0.2) is 5.12 Å². The van der Waals surface area contributed by atoms with Crippen molar-refractivity contribution >= 4 is 16.9 Å². The smallest absolute Gasteiger partial charge is 0.185 e. The number of aromatic nitrogens is 3. The molecule has 6 heteroatoms. The Morgan fingerprint density at radius 3 is 2.75 bits per heavy atom. The second-order valence-electron chi connectivity index (χ2n) is 4.35. The Bertz CT molecular complexity index is 566. The molecule has 0 radical (unpaired) electrons. The lowest BCUT2D eigenvalue weighted by Gasteiger charge is -2.02. The van der Waals surface area contributed by atoms with E-state index in [2.05, 4.69) is 10.3 Å². The van der Waals surface area contributed by atoms with Crippen LogP contribution in [-0.4, -0.2) is 33.0 Å². The van der Waals surface area contributed by atoms with E-state index in [4.69, 9.17) is 4.74 Å². The Morgan fingerprint density at radius 1 is 1.35 bits per heavy atom. The summed E-state index contributed by atoms with van der Waals surface area (Å²) in [5, 5.41) is 8.33. The Balaban J connectivity index is 1.89. The van der Waals surface area contributed by atoms with E-state index >= 15 is 0 Å². The van der Waals surface area contributed by atoms with Gasteiger partial charge in [-0.1, -0.05) is 29.1 Å². The van der Waals surface area contributed by atoms with Crippen molar-refractivity contribution in [3.05, 3.63) is 41.7 Å². The third kappa shape index (κ3) is 4.38. The first kappa shape index (κ1) is 14.6. The Kier molecular flexibility index (Phi) is 5.17. The van der Waals surface area contributed by atoms with Crippen LogP contribution in [-0.2, 0) is 17.8 Å². The SMILES string of the molecule is COc1ccc(Cn2cc(CCSC(C)=O)nn2)cc1. The number of aryl methyl sites for hydroxylation is 1. The molecule has 0 saturated heterocycles. The van der Waals surface area contributed by atoms with Gasteiger partial charge in [0.1, 0.15) is 5.75 Å². The first-order chi connectivity index (χ1) is 9.67. The lowest BCUT2D eigenvalue weighted by atomic mass is 10.2. The lowest BCUT2D eigenvalue weighted by molar-refractivity contribution is -0.109. The van der Waals surface area contributed by atoms with E-state index in [1.54, 1.807) is 18.7 Å². The molecule has 0 fully saturated rings. The fraction of sp³-hybridized carbons (Fsp3) is 0.357. The summed E-state index contributed by atoms with van der Waals surface area (Å²) in [5.74, 6) is 1.59. The van der Waals surface area contributed by atoms with Crippen molar-refractivity contribution in [3.8, 4) is 5.75 Å². The van der Waals surface area contributed by atoms with Gasteiger partial charge in [0.2, 0.25) is 0 Å². The number of hydrogen-bond donors (Lipinski definition) is 0. The summed E-state index contributed by atoms with van der Waals surface area (Å²) in [7, 11) is 1.65. The van der Waals surface area contributed by atoms with E-state index in [9.17, 15) is 4.79 Å². The minimum atomic E-state index is 0.135. The minimum Gasteiger partial charge on any atom is -0.497 e. The van der Waals surface area contributed by atoms with Crippen molar-refractivity contribution in [2.45, 2.75) is 19.9 Å². The largest absolute Gasteiger partial charge is 0.497 e. The van der Waals surface area contributed by atoms with Crippen molar-refractivity contribution in [1.82, 2.24) is 15.0 Å². The van der Waals surface area contributed by atoms with Crippen LogP contribution in [0.25, 0.3) is 0 Å². The van der Waals surface area contributed by atoms with Gasteiger partial charge in [-0.2, -0.15) is 0 Å². The average molecular weight is 291 g/mol. The van der Waals surface area contributed by atoms with Crippen molar-refractivity contribution in [2.75, 3.05) is 12.9 Å². The normalized spacial score (nSPS) is 10.5. The highest BCUT2D eigenvalue weighted by molar-refractivity contribution is 8.13. The molecule has 1 aromatic heterocycles. The van der Waals surface area contributed by atoms with Gasteiger partial charge in [-0.15, -0.1) is 5.10 Å². The van der Waals surface area contributed by atoms with E-state index in [1.807, 2.05) is 30.5 Å². The van der Waals surface area contributed by atoms with E-state index in [0.717, 1.165) is 29.2 Å². The maximum Gasteiger partial charge on any atom is 0.185 e. The topological polar surface area (TPSA) is 57.0 Å². The molecular formula is C14H17N3O2S. The first-order valence-electron chi connectivity index (χ1n) is 6.32. The van der Waals surface area contributed by atoms with Gasteiger partial charge in [-0.05, 0) is 17.7 Å². The fourth-order valence-corrected chi connectivity index (χ4v) is 2.35. The molecule has 0 bridgehead atoms. The molecule has 0 aliphatic rings. The third-order valence-corrected chi connectivity index (χ3v) is 3.57. The molecule has 0 spiro atoms. The van der Waals surface area contributed by atoms with Crippen LogP contribution < -0.4 is 4.74 Å². The van der Waals surface area contributed by atoms with Gasteiger partial charge in [-0.3, -0.25) is 4.79 Å². The summed E-state index contributed by atoms with van der Waals surface area (Å²) in [5.41, 5.74) is 2.05. The molecule has 1 aromatic carbocycles. The Hall–Kier alpha value is -1.82. The van der Waals surface area contributed by atoms with Crippen LogP contribution in [0.15, 0.2) is 30.5 Å². The number of methoxy groups -OCH3 is 1. The summed E-state index contributed by atoms with van der Waals surface area (Å²) in [4.78, 5) is 10.8. The predicted octanol–water partition coefficient (Wildman–Crippen LogP) is 2.16. The van der Waals surface area contributed by atoms with Crippen LogP contribution in [0.3, 0.4) is 0 Å². The van der Waals surface area contributed by atoms with E-state index in [0.29, 0.717) is 6.54 Å². The van der Waals surface area contributed by atoms with Crippen molar-refractivity contribution in [3.63, 3.8) is 0 Å². The molecule has 5 nitrogen and oxygen atoms in total. The van der Waals surface area contributed by atoms with E-state index in [-0.39, 0.29) is 5.12 Å². The molecule has 0 amide bonds. The zero-order chi connectivity index (χ0) is 14.4. The average Bonchev–Trinajstić information content (AvgIpc) is 2.87. The molecule has 0 saturated carbocycles. The molecular weight excluding hydrogens is 274 g/mol. The fourth-order valence-electron chi connectivity index (χ4n) is 1.75. The number of ether oxygens (including phenoxy) is 1. The third-order valence-electron chi connectivity index (χ3n) is 2.75. The molecule has 106 valence electrons. The molecule has 2 rings (SSSR count). The van der Waals surface area contributed by atoms with Crippen LogP contribution in [0.4, 0.5) is 0 Å². The molecule has 1 heterocycles. The van der Waals surface area contributed by atoms with Crippen LogP contribution in [0.2, 0.25) is 0 Å². The monoisotopic (exact) mass is 291 g/mol. The number of thioether (sulfide) groups is 1. The molecule has 0 aliphatic carbocycles. The number of hydrogen-bond acceptors (Lipinski definition) is 5. The van der Waals surface area contributed by atoms with Crippen LogP contribution in [0.5, 0.6) is 5.75 Å². The zero-order valence-electron chi connectivity index (χ0n) is 11.6. The summed E-state index contributed by atoms with van der Waals surface area (Å²) in [6.45, 7) is 2.25. The van der Waals surface area contributed by atoms with Crippen LogP contribution >= 0.6 is 11.8 Å².